The molecule has 47 heavy (non-hydrogen) atoms. The van der Waals surface area contributed by atoms with Gasteiger partial charge in [0.25, 0.3) is 11.5 Å². The number of carbonyl (C=O) groups excluding carboxylic acids is 1. The first-order valence-corrected chi connectivity index (χ1v) is 15.8. The number of imidazole rings is 1. The van der Waals surface area contributed by atoms with Gasteiger partial charge < -0.3 is 9.72 Å². The van der Waals surface area contributed by atoms with Gasteiger partial charge in [0.2, 0.25) is 0 Å². The second-order valence-electron chi connectivity index (χ2n) is 12.3. The fraction of sp³-hybridized carbons (Fsp3) is 0.222. The van der Waals surface area contributed by atoms with Crippen molar-refractivity contribution in [2.75, 3.05) is 0 Å². The highest BCUT2D eigenvalue weighted by atomic mass is 16.2. The Morgan fingerprint density at radius 3 is 2.55 bits per heavy atom. The quantitative estimate of drug-likeness (QED) is 0.283. The Bertz CT molecular complexity index is 2380. The minimum absolute atomic E-state index is 0.0827. The molecule has 7 aromatic rings. The second kappa shape index (κ2) is 11.5. The third-order valence-corrected chi connectivity index (χ3v) is 9.11. The molecular formula is C36H32N8O3. The zero-order chi connectivity index (χ0) is 32.1. The summed E-state index contributed by atoms with van der Waals surface area (Å²) in [4.78, 5) is 50.2. The van der Waals surface area contributed by atoms with E-state index in [2.05, 4.69) is 32.5 Å². The molecule has 234 valence electrons. The van der Waals surface area contributed by atoms with Gasteiger partial charge >= 0.3 is 5.69 Å². The van der Waals surface area contributed by atoms with E-state index >= 15 is 0 Å². The molecular weight excluding hydrogens is 592 g/mol. The lowest BCUT2D eigenvalue weighted by molar-refractivity contribution is 0.0917. The third-order valence-electron chi connectivity index (χ3n) is 9.11. The van der Waals surface area contributed by atoms with Crippen molar-refractivity contribution in [1.82, 2.24) is 38.6 Å². The molecule has 0 spiro atoms. The summed E-state index contributed by atoms with van der Waals surface area (Å²) >= 11 is 0. The Kier molecular flexibility index (Phi) is 7.01. The maximum atomic E-state index is 14.3. The van der Waals surface area contributed by atoms with E-state index in [0.717, 1.165) is 22.0 Å². The maximum absolute atomic E-state index is 14.3. The highest BCUT2D eigenvalue weighted by Crippen LogP contribution is 2.28. The molecule has 5 aromatic heterocycles. The Morgan fingerprint density at radius 1 is 0.936 bits per heavy atom. The van der Waals surface area contributed by atoms with Crippen LogP contribution in [0.15, 0.2) is 107 Å². The topological polar surface area (TPSA) is 121 Å². The molecule has 0 aliphatic heterocycles. The van der Waals surface area contributed by atoms with Crippen molar-refractivity contribution >= 4 is 33.5 Å². The number of pyridine rings is 2. The summed E-state index contributed by atoms with van der Waals surface area (Å²) in [6.07, 6.45) is 9.45. The number of nitrogens with one attached hydrogen (secondary N) is 1. The first-order chi connectivity index (χ1) is 22.9. The molecule has 1 fully saturated rings. The molecule has 0 saturated heterocycles. The highest BCUT2D eigenvalue weighted by molar-refractivity contribution is 5.93. The van der Waals surface area contributed by atoms with Crippen molar-refractivity contribution in [2.45, 2.75) is 51.2 Å². The van der Waals surface area contributed by atoms with Crippen LogP contribution in [0.1, 0.15) is 53.3 Å². The number of aromatic nitrogens is 7. The lowest BCUT2D eigenvalue weighted by Crippen LogP contribution is -2.45. The number of nitrogens with zero attached hydrogens (tertiary/aromatic N) is 7. The molecule has 1 amide bonds. The van der Waals surface area contributed by atoms with E-state index in [-0.39, 0.29) is 23.6 Å². The average Bonchev–Trinajstić information content (AvgIpc) is 3.71. The van der Waals surface area contributed by atoms with Gasteiger partial charge in [-0.3, -0.25) is 18.8 Å². The van der Waals surface area contributed by atoms with Crippen LogP contribution in [-0.4, -0.2) is 45.2 Å². The van der Waals surface area contributed by atoms with Crippen LogP contribution in [0.5, 0.6) is 0 Å². The summed E-state index contributed by atoms with van der Waals surface area (Å²) in [6.45, 7) is 2.51. The Hall–Kier alpha value is -5.84. The van der Waals surface area contributed by atoms with Crippen LogP contribution in [0.25, 0.3) is 33.3 Å². The van der Waals surface area contributed by atoms with E-state index < -0.39 is 5.69 Å². The molecule has 11 nitrogen and oxygen atoms in total. The lowest BCUT2D eigenvalue weighted by Gasteiger charge is -2.30. The fourth-order valence-electron chi connectivity index (χ4n) is 6.74. The largest absolute Gasteiger partial charge is 0.348 e. The first kappa shape index (κ1) is 28.6. The van der Waals surface area contributed by atoms with Crippen molar-refractivity contribution in [3.63, 3.8) is 0 Å². The Morgan fingerprint density at radius 2 is 1.74 bits per heavy atom. The van der Waals surface area contributed by atoms with E-state index in [4.69, 9.17) is 0 Å². The summed E-state index contributed by atoms with van der Waals surface area (Å²) in [7, 11) is 0. The molecule has 5 heterocycles. The Balaban J connectivity index is 1.10. The van der Waals surface area contributed by atoms with E-state index in [1.165, 1.54) is 4.57 Å². The van der Waals surface area contributed by atoms with Crippen molar-refractivity contribution < 1.29 is 4.79 Å². The monoisotopic (exact) mass is 624 g/mol. The summed E-state index contributed by atoms with van der Waals surface area (Å²) < 4.78 is 6.69. The molecule has 11 heteroatoms. The molecule has 0 bridgehead atoms. The van der Waals surface area contributed by atoms with Crippen LogP contribution in [0, 0.1) is 6.92 Å². The van der Waals surface area contributed by atoms with Crippen LogP contribution in [0.3, 0.4) is 0 Å². The average molecular weight is 625 g/mol. The van der Waals surface area contributed by atoms with Gasteiger partial charge in [-0.1, -0.05) is 36.4 Å². The van der Waals surface area contributed by atoms with Crippen molar-refractivity contribution in [3.8, 4) is 5.69 Å². The summed E-state index contributed by atoms with van der Waals surface area (Å²) in [6, 6.07) is 22.9. The summed E-state index contributed by atoms with van der Waals surface area (Å²) in [5, 5.41) is 8.99. The SMILES string of the molecule is Cc1cnc2c(c1)c(=O)n(C1CCC(NC(=O)c3cn4ccccc4n3)CC1)c(=O)n2-c1ccc2c(cnn2Cc2ccccc2)c1. The predicted octanol–water partition coefficient (Wildman–Crippen LogP) is 4.82. The smallest absolute Gasteiger partial charge is 0.337 e. The Labute approximate surface area is 268 Å². The summed E-state index contributed by atoms with van der Waals surface area (Å²) in [5.74, 6) is -0.230. The van der Waals surface area contributed by atoms with Crippen LogP contribution in [0.4, 0.5) is 0 Å². The molecule has 0 atom stereocenters. The normalized spacial score (nSPS) is 16.6. The second-order valence-corrected chi connectivity index (χ2v) is 12.3. The number of aryl methyl sites for hydroxylation is 1. The minimum Gasteiger partial charge on any atom is -0.348 e. The van der Waals surface area contributed by atoms with Crippen LogP contribution in [0.2, 0.25) is 0 Å². The van der Waals surface area contributed by atoms with Crippen LogP contribution in [-0.2, 0) is 6.54 Å². The number of carbonyl (C=O) groups is 1. The van der Waals surface area contributed by atoms with Gasteiger partial charge in [-0.25, -0.2) is 19.3 Å². The van der Waals surface area contributed by atoms with Gasteiger partial charge in [-0.15, -0.1) is 0 Å². The standard InChI is InChI=1S/C36H32N8O3/c1-23-17-29-33(37-19-23)43(28-14-15-31-25(18-28)20-38-42(31)21-24-7-3-2-4-8-24)36(47)44(35(29)46)27-12-10-26(11-13-27)39-34(45)30-22-41-16-6-5-9-32(41)40-30/h2-9,14-20,22,26-27H,10-13,21H2,1H3,(H,39,45). The van der Waals surface area contributed by atoms with Gasteiger partial charge in [0.05, 0.1) is 29.3 Å². The lowest BCUT2D eigenvalue weighted by atomic mass is 9.90. The van der Waals surface area contributed by atoms with Gasteiger partial charge in [0, 0.05) is 36.1 Å². The van der Waals surface area contributed by atoms with Crippen LogP contribution >= 0.6 is 0 Å². The fourth-order valence-corrected chi connectivity index (χ4v) is 6.74. The molecule has 0 unspecified atom stereocenters. The van der Waals surface area contributed by atoms with E-state index in [0.29, 0.717) is 60.3 Å². The number of hydrogen-bond acceptors (Lipinski definition) is 6. The number of rotatable bonds is 6. The van der Waals surface area contributed by atoms with Gasteiger partial charge in [0.15, 0.2) is 5.65 Å². The number of benzene rings is 2. The van der Waals surface area contributed by atoms with Crippen molar-refractivity contribution in [2.24, 2.45) is 0 Å². The van der Waals surface area contributed by atoms with Crippen molar-refractivity contribution in [3.05, 3.63) is 135 Å². The van der Waals surface area contributed by atoms with Gasteiger partial charge in [-0.2, -0.15) is 5.10 Å². The van der Waals surface area contributed by atoms with E-state index in [9.17, 15) is 14.4 Å². The van der Waals surface area contributed by atoms with Crippen molar-refractivity contribution in [1.29, 1.82) is 0 Å². The molecule has 1 N–H and O–H groups in total. The third kappa shape index (κ3) is 5.19. The van der Waals surface area contributed by atoms with E-state index in [1.807, 2.05) is 76.8 Å². The van der Waals surface area contributed by atoms with Crippen LogP contribution < -0.4 is 16.6 Å². The zero-order valence-electron chi connectivity index (χ0n) is 25.8. The molecule has 1 saturated carbocycles. The molecule has 8 rings (SSSR count). The number of hydrogen-bond donors (Lipinski definition) is 1. The maximum Gasteiger partial charge on any atom is 0.337 e. The first-order valence-electron chi connectivity index (χ1n) is 15.8. The minimum atomic E-state index is -0.424. The van der Waals surface area contributed by atoms with Gasteiger partial charge in [-0.05, 0) is 80.1 Å². The molecule has 1 aliphatic rings. The zero-order valence-corrected chi connectivity index (χ0v) is 25.8. The van der Waals surface area contributed by atoms with Gasteiger partial charge in [0.1, 0.15) is 11.3 Å². The molecule has 2 aromatic carbocycles. The summed E-state index contributed by atoms with van der Waals surface area (Å²) in [5.41, 5.74) is 4.16. The number of fused-ring (bicyclic) bond motifs is 3. The predicted molar refractivity (Wildman–Crippen MR) is 179 cm³/mol. The number of amides is 1. The molecule has 0 radical (unpaired) electrons. The highest BCUT2D eigenvalue weighted by Gasteiger charge is 2.28. The van der Waals surface area contributed by atoms with E-state index in [1.54, 1.807) is 29.2 Å². The molecule has 1 aliphatic carbocycles.